The van der Waals surface area contributed by atoms with Crippen LogP contribution in [0.15, 0.2) is 48.5 Å². The van der Waals surface area contributed by atoms with E-state index < -0.39 is 12.0 Å². The van der Waals surface area contributed by atoms with Gasteiger partial charge in [0.15, 0.2) is 0 Å². The van der Waals surface area contributed by atoms with Gasteiger partial charge in [-0.15, -0.1) is 0 Å². The molecule has 2 unspecified atom stereocenters. The lowest BCUT2D eigenvalue weighted by molar-refractivity contribution is -0.139. The predicted octanol–water partition coefficient (Wildman–Crippen LogP) is 1.30. The van der Waals surface area contributed by atoms with E-state index in [2.05, 4.69) is 45.6 Å². The fourth-order valence-electron chi connectivity index (χ4n) is 3.41. The van der Waals surface area contributed by atoms with Crippen molar-refractivity contribution in [3.05, 3.63) is 54.1 Å². The number of nitrogens with one attached hydrogen (secondary N) is 3. The summed E-state index contributed by atoms with van der Waals surface area (Å²) in [5, 5.41) is 9.26. The Morgan fingerprint density at radius 2 is 1.58 bits per heavy atom. The van der Waals surface area contributed by atoms with Crippen molar-refractivity contribution in [3.8, 4) is 11.1 Å². The van der Waals surface area contributed by atoms with Crippen LogP contribution in [0.2, 0.25) is 0 Å². The van der Waals surface area contributed by atoms with Crippen LogP contribution in [0.3, 0.4) is 0 Å². The molecule has 7 heteroatoms. The zero-order valence-corrected chi connectivity index (χ0v) is 14.3. The van der Waals surface area contributed by atoms with Crippen molar-refractivity contribution in [2.75, 3.05) is 31.2 Å². The molecule has 136 valence electrons. The molecule has 2 saturated heterocycles. The summed E-state index contributed by atoms with van der Waals surface area (Å²) in [5.41, 5.74) is 12.7. The van der Waals surface area contributed by atoms with Crippen molar-refractivity contribution < 1.29 is 14.6 Å². The van der Waals surface area contributed by atoms with Gasteiger partial charge in [-0.1, -0.05) is 36.4 Å². The van der Waals surface area contributed by atoms with Gasteiger partial charge in [-0.05, 0) is 28.8 Å². The maximum Gasteiger partial charge on any atom is 0.324 e. The van der Waals surface area contributed by atoms with Crippen LogP contribution in [0.5, 0.6) is 0 Å². The van der Waals surface area contributed by atoms with Crippen LogP contribution >= 0.6 is 0 Å². The van der Waals surface area contributed by atoms with Crippen molar-refractivity contribution in [1.82, 2.24) is 16.4 Å². The molecule has 0 amide bonds. The lowest BCUT2D eigenvalue weighted by atomic mass is 9.97. The van der Waals surface area contributed by atoms with E-state index in [4.69, 9.17) is 4.74 Å². The van der Waals surface area contributed by atoms with Gasteiger partial charge in [-0.25, -0.2) is 10.9 Å². The number of anilines is 1. The fourth-order valence-corrected chi connectivity index (χ4v) is 3.41. The summed E-state index contributed by atoms with van der Waals surface area (Å²) >= 11 is 0. The van der Waals surface area contributed by atoms with Crippen LogP contribution < -0.4 is 21.3 Å². The highest BCUT2D eigenvalue weighted by Crippen LogP contribution is 2.26. The molecule has 2 aliphatic heterocycles. The van der Waals surface area contributed by atoms with E-state index in [9.17, 15) is 9.90 Å². The average molecular weight is 354 g/mol. The number of benzene rings is 2. The first-order valence-corrected chi connectivity index (χ1v) is 8.74. The lowest BCUT2D eigenvalue weighted by Gasteiger charge is -2.28. The molecule has 0 saturated carbocycles. The first-order chi connectivity index (χ1) is 12.7. The molecule has 4 N–H and O–H groups in total. The maximum absolute atomic E-state index is 11.3. The number of aliphatic carboxylic acids is 1. The van der Waals surface area contributed by atoms with E-state index in [0.717, 1.165) is 43.0 Å². The topological polar surface area (TPSA) is 85.9 Å². The SMILES string of the molecule is O=C(O)C1NNNC1c1ccc(-c2ccc(N3CCOCC3)cc2)cc1. The molecule has 2 aromatic carbocycles. The zero-order valence-electron chi connectivity index (χ0n) is 14.3. The Balaban J connectivity index is 1.49. The minimum Gasteiger partial charge on any atom is -0.480 e. The minimum absolute atomic E-state index is 0.315. The second-order valence-electron chi connectivity index (χ2n) is 6.48. The van der Waals surface area contributed by atoms with Gasteiger partial charge in [-0.3, -0.25) is 4.79 Å². The van der Waals surface area contributed by atoms with Crippen molar-refractivity contribution in [2.24, 2.45) is 0 Å². The Hall–Kier alpha value is -2.45. The van der Waals surface area contributed by atoms with E-state index in [-0.39, 0.29) is 6.04 Å². The van der Waals surface area contributed by atoms with Gasteiger partial charge in [0, 0.05) is 18.8 Å². The van der Waals surface area contributed by atoms with E-state index >= 15 is 0 Å². The molecule has 26 heavy (non-hydrogen) atoms. The van der Waals surface area contributed by atoms with Gasteiger partial charge in [0.2, 0.25) is 0 Å². The Morgan fingerprint density at radius 1 is 0.962 bits per heavy atom. The number of nitrogens with zero attached hydrogens (tertiary/aromatic N) is 1. The summed E-state index contributed by atoms with van der Waals surface area (Å²) in [7, 11) is 0. The zero-order chi connectivity index (χ0) is 17.9. The molecule has 2 fully saturated rings. The number of carboxylic acid groups (broad SMARTS) is 1. The molecular weight excluding hydrogens is 332 g/mol. The molecular formula is C19H22N4O3. The summed E-state index contributed by atoms with van der Waals surface area (Å²) in [4.78, 5) is 13.6. The number of rotatable bonds is 4. The Labute approximate surface area is 151 Å². The van der Waals surface area contributed by atoms with E-state index in [1.807, 2.05) is 24.3 Å². The summed E-state index contributed by atoms with van der Waals surface area (Å²) < 4.78 is 5.40. The first kappa shape index (κ1) is 17.0. The van der Waals surface area contributed by atoms with Crippen LogP contribution in [-0.2, 0) is 9.53 Å². The maximum atomic E-state index is 11.3. The predicted molar refractivity (Wildman–Crippen MR) is 98.5 cm³/mol. The third kappa shape index (κ3) is 3.42. The molecule has 2 atom stereocenters. The molecule has 0 aliphatic carbocycles. The number of hydrogen-bond donors (Lipinski definition) is 4. The average Bonchev–Trinajstić information content (AvgIpc) is 3.19. The van der Waals surface area contributed by atoms with Gasteiger partial charge in [0.25, 0.3) is 0 Å². The first-order valence-electron chi connectivity index (χ1n) is 8.74. The third-order valence-corrected chi connectivity index (χ3v) is 4.90. The molecule has 0 radical (unpaired) electrons. The van der Waals surface area contributed by atoms with E-state index in [1.54, 1.807) is 0 Å². The van der Waals surface area contributed by atoms with Crippen LogP contribution in [0.25, 0.3) is 11.1 Å². The van der Waals surface area contributed by atoms with Gasteiger partial charge in [-0.2, -0.15) is 5.53 Å². The van der Waals surface area contributed by atoms with Gasteiger partial charge in [0.1, 0.15) is 6.04 Å². The molecule has 0 spiro atoms. The monoisotopic (exact) mass is 354 g/mol. The van der Waals surface area contributed by atoms with Crippen LogP contribution in [0.4, 0.5) is 5.69 Å². The van der Waals surface area contributed by atoms with Gasteiger partial charge in [0.05, 0.1) is 19.3 Å². The molecule has 4 rings (SSSR count). The third-order valence-electron chi connectivity index (χ3n) is 4.90. The molecule has 2 heterocycles. The lowest BCUT2D eigenvalue weighted by Crippen LogP contribution is -2.38. The fraction of sp³-hybridized carbons (Fsp3) is 0.316. The van der Waals surface area contributed by atoms with Crippen LogP contribution in [0, 0.1) is 0 Å². The largest absolute Gasteiger partial charge is 0.480 e. The second-order valence-corrected chi connectivity index (χ2v) is 6.48. The Kier molecular flexibility index (Phi) is 4.85. The van der Waals surface area contributed by atoms with Gasteiger partial charge >= 0.3 is 5.97 Å². The summed E-state index contributed by atoms with van der Waals surface area (Å²) in [6.45, 7) is 3.41. The number of hydrogen-bond acceptors (Lipinski definition) is 6. The highest BCUT2D eigenvalue weighted by molar-refractivity contribution is 5.75. The smallest absolute Gasteiger partial charge is 0.324 e. The number of carboxylic acids is 1. The number of hydrazine groups is 2. The quantitative estimate of drug-likeness (QED) is 0.658. The minimum atomic E-state index is -0.893. The Morgan fingerprint density at radius 3 is 2.19 bits per heavy atom. The van der Waals surface area contributed by atoms with Crippen molar-refractivity contribution in [3.63, 3.8) is 0 Å². The number of carbonyl (C=O) groups is 1. The molecule has 0 aromatic heterocycles. The number of ether oxygens (including phenoxy) is 1. The van der Waals surface area contributed by atoms with Crippen LogP contribution in [-0.4, -0.2) is 43.4 Å². The number of morpholine rings is 1. The van der Waals surface area contributed by atoms with Crippen molar-refractivity contribution in [2.45, 2.75) is 12.1 Å². The molecule has 7 nitrogen and oxygen atoms in total. The van der Waals surface area contributed by atoms with Gasteiger partial charge < -0.3 is 14.7 Å². The second kappa shape index (κ2) is 7.43. The van der Waals surface area contributed by atoms with E-state index in [1.165, 1.54) is 5.69 Å². The highest BCUT2D eigenvalue weighted by Gasteiger charge is 2.33. The molecule has 2 aromatic rings. The van der Waals surface area contributed by atoms with E-state index in [0.29, 0.717) is 0 Å². The molecule has 2 aliphatic rings. The van der Waals surface area contributed by atoms with Crippen LogP contribution in [0.1, 0.15) is 11.6 Å². The summed E-state index contributed by atoms with van der Waals surface area (Å²) in [6, 6.07) is 15.5. The summed E-state index contributed by atoms with van der Waals surface area (Å²) in [5.74, 6) is -0.893. The summed E-state index contributed by atoms with van der Waals surface area (Å²) in [6.07, 6.45) is 0. The Bertz CT molecular complexity index is 757. The van der Waals surface area contributed by atoms with Crippen molar-refractivity contribution in [1.29, 1.82) is 0 Å². The highest BCUT2D eigenvalue weighted by atomic mass is 16.5. The van der Waals surface area contributed by atoms with Crippen molar-refractivity contribution >= 4 is 11.7 Å². The normalized spacial score (nSPS) is 23.2. The standard InChI is InChI=1S/C19H22N4O3/c24-19(25)18-17(20-22-21-18)15-3-1-13(2-4-15)14-5-7-16(8-6-14)23-9-11-26-12-10-23/h1-8,17-18,20-22H,9-12H2,(H,24,25). The molecule has 0 bridgehead atoms.